The van der Waals surface area contributed by atoms with Crippen LogP contribution < -0.4 is 5.32 Å². The third-order valence-electron chi connectivity index (χ3n) is 2.68. The van der Waals surface area contributed by atoms with Crippen LogP contribution in [0.15, 0.2) is 0 Å². The Labute approximate surface area is 115 Å². The number of carbonyl (C=O) groups is 1. The monoisotopic (exact) mass is 277 g/mol. The highest BCUT2D eigenvalue weighted by atomic mass is 32.2. The van der Waals surface area contributed by atoms with Crippen molar-refractivity contribution < 1.29 is 14.6 Å². The van der Waals surface area contributed by atoms with Crippen LogP contribution in [0.2, 0.25) is 0 Å². The van der Waals surface area contributed by atoms with Crippen molar-refractivity contribution in [3.8, 4) is 0 Å². The molecule has 0 aliphatic carbocycles. The molecule has 0 aromatic rings. The molecule has 4 nitrogen and oxygen atoms in total. The van der Waals surface area contributed by atoms with E-state index in [-0.39, 0.29) is 23.4 Å². The molecule has 0 saturated heterocycles. The summed E-state index contributed by atoms with van der Waals surface area (Å²) in [5.41, 5.74) is 0. The van der Waals surface area contributed by atoms with E-state index in [1.807, 2.05) is 13.8 Å². The molecule has 0 radical (unpaired) electrons. The first-order chi connectivity index (χ1) is 8.52. The highest BCUT2D eigenvalue weighted by Gasteiger charge is 2.19. The van der Waals surface area contributed by atoms with Crippen LogP contribution in [0.5, 0.6) is 0 Å². The molecule has 3 atom stereocenters. The highest BCUT2D eigenvalue weighted by Crippen LogP contribution is 2.16. The van der Waals surface area contributed by atoms with Gasteiger partial charge in [-0.1, -0.05) is 13.8 Å². The number of esters is 1. The predicted molar refractivity (Wildman–Crippen MR) is 76.9 cm³/mol. The first kappa shape index (κ1) is 17.7. The molecular formula is C13H27NO3S. The standard InChI is InChI=1S/C13H27NO3S/c1-5-8-14-12(13(16)17-6-2)7-9-18-11(4)10(3)15/h10-12,14-15H,5-9H2,1-4H3. The summed E-state index contributed by atoms with van der Waals surface area (Å²) in [4.78, 5) is 11.7. The van der Waals surface area contributed by atoms with Gasteiger partial charge in [0.25, 0.3) is 0 Å². The maximum atomic E-state index is 11.7. The number of aliphatic hydroxyl groups excluding tert-OH is 1. The average Bonchev–Trinajstić information content (AvgIpc) is 2.33. The second kappa shape index (κ2) is 10.6. The molecule has 0 rings (SSSR count). The molecule has 18 heavy (non-hydrogen) atoms. The third kappa shape index (κ3) is 7.95. The van der Waals surface area contributed by atoms with E-state index in [4.69, 9.17) is 4.74 Å². The van der Waals surface area contributed by atoms with Crippen molar-refractivity contribution in [2.45, 2.75) is 57.9 Å². The zero-order valence-corrected chi connectivity index (χ0v) is 12.8. The first-order valence-corrected chi connectivity index (χ1v) is 7.77. The van der Waals surface area contributed by atoms with Gasteiger partial charge in [0.15, 0.2) is 0 Å². The van der Waals surface area contributed by atoms with Gasteiger partial charge in [-0.05, 0) is 39.0 Å². The smallest absolute Gasteiger partial charge is 0.323 e. The number of hydrogen-bond donors (Lipinski definition) is 2. The molecule has 0 spiro atoms. The number of hydrogen-bond acceptors (Lipinski definition) is 5. The second-order valence-electron chi connectivity index (χ2n) is 4.36. The summed E-state index contributed by atoms with van der Waals surface area (Å²) in [6.07, 6.45) is 1.41. The molecule has 0 aliphatic heterocycles. The van der Waals surface area contributed by atoms with Crippen molar-refractivity contribution in [1.82, 2.24) is 5.32 Å². The lowest BCUT2D eigenvalue weighted by Crippen LogP contribution is -2.39. The van der Waals surface area contributed by atoms with Gasteiger partial charge in [-0.2, -0.15) is 11.8 Å². The molecule has 5 heteroatoms. The molecule has 0 fully saturated rings. The van der Waals surface area contributed by atoms with Crippen molar-refractivity contribution in [3.05, 3.63) is 0 Å². The number of ether oxygens (including phenoxy) is 1. The van der Waals surface area contributed by atoms with E-state index in [0.717, 1.165) is 25.1 Å². The maximum Gasteiger partial charge on any atom is 0.323 e. The molecule has 2 N–H and O–H groups in total. The lowest BCUT2D eigenvalue weighted by Gasteiger charge is -2.19. The molecular weight excluding hydrogens is 250 g/mol. The fourth-order valence-corrected chi connectivity index (χ4v) is 2.40. The Hall–Kier alpha value is -0.260. The normalized spacial score (nSPS) is 16.1. The van der Waals surface area contributed by atoms with Crippen molar-refractivity contribution in [3.63, 3.8) is 0 Å². The summed E-state index contributed by atoms with van der Waals surface area (Å²) in [5.74, 6) is 0.669. The summed E-state index contributed by atoms with van der Waals surface area (Å²) in [6.45, 7) is 8.91. The van der Waals surface area contributed by atoms with Gasteiger partial charge in [0.05, 0.1) is 12.7 Å². The highest BCUT2D eigenvalue weighted by molar-refractivity contribution is 7.99. The van der Waals surface area contributed by atoms with Gasteiger partial charge < -0.3 is 15.2 Å². The quantitative estimate of drug-likeness (QED) is 0.596. The molecule has 0 bridgehead atoms. The van der Waals surface area contributed by atoms with Crippen LogP contribution in [0.4, 0.5) is 0 Å². The zero-order chi connectivity index (χ0) is 14.0. The molecule has 0 aromatic heterocycles. The Balaban J connectivity index is 4.03. The minimum absolute atomic E-state index is 0.170. The maximum absolute atomic E-state index is 11.7. The van der Waals surface area contributed by atoms with Crippen molar-refractivity contribution >= 4 is 17.7 Å². The van der Waals surface area contributed by atoms with Crippen LogP contribution in [0.3, 0.4) is 0 Å². The summed E-state index contributed by atoms with van der Waals surface area (Å²) in [6, 6.07) is -0.224. The fourth-order valence-electron chi connectivity index (χ4n) is 1.38. The minimum Gasteiger partial charge on any atom is -0.465 e. The van der Waals surface area contributed by atoms with Gasteiger partial charge in [0.2, 0.25) is 0 Å². The molecule has 3 unspecified atom stereocenters. The fraction of sp³-hybridized carbons (Fsp3) is 0.923. The van der Waals surface area contributed by atoms with E-state index < -0.39 is 0 Å². The molecule has 0 heterocycles. The zero-order valence-electron chi connectivity index (χ0n) is 11.9. The second-order valence-corrected chi connectivity index (χ2v) is 5.85. The van der Waals surface area contributed by atoms with Crippen LogP contribution in [-0.2, 0) is 9.53 Å². The molecule has 108 valence electrons. The van der Waals surface area contributed by atoms with Gasteiger partial charge in [0, 0.05) is 5.25 Å². The number of rotatable bonds is 10. The number of thioether (sulfide) groups is 1. The van der Waals surface area contributed by atoms with Gasteiger partial charge in [-0.25, -0.2) is 0 Å². The first-order valence-electron chi connectivity index (χ1n) is 6.72. The summed E-state index contributed by atoms with van der Waals surface area (Å²) in [7, 11) is 0. The summed E-state index contributed by atoms with van der Waals surface area (Å²) >= 11 is 1.68. The summed E-state index contributed by atoms with van der Waals surface area (Å²) in [5, 5.41) is 12.8. The molecule has 0 aliphatic rings. The Morgan fingerprint density at radius 1 is 1.39 bits per heavy atom. The van der Waals surface area contributed by atoms with Crippen molar-refractivity contribution in [1.29, 1.82) is 0 Å². The van der Waals surface area contributed by atoms with Gasteiger partial charge >= 0.3 is 5.97 Å². The van der Waals surface area contributed by atoms with Crippen LogP contribution in [0, 0.1) is 0 Å². The summed E-state index contributed by atoms with van der Waals surface area (Å²) < 4.78 is 5.05. The van der Waals surface area contributed by atoms with E-state index in [0.29, 0.717) is 6.61 Å². The topological polar surface area (TPSA) is 58.6 Å². The predicted octanol–water partition coefficient (Wildman–Crippen LogP) is 1.81. The molecule has 0 saturated carbocycles. The largest absolute Gasteiger partial charge is 0.465 e. The SMILES string of the molecule is CCCNC(CCSC(C)C(C)O)C(=O)OCC. The van der Waals surface area contributed by atoms with E-state index in [1.165, 1.54) is 0 Å². The Morgan fingerprint density at radius 2 is 2.06 bits per heavy atom. The van der Waals surface area contributed by atoms with Gasteiger partial charge in [-0.3, -0.25) is 4.79 Å². The van der Waals surface area contributed by atoms with Crippen LogP contribution in [0.25, 0.3) is 0 Å². The average molecular weight is 277 g/mol. The molecule has 0 aromatic carbocycles. The third-order valence-corrected chi connectivity index (χ3v) is 4.07. The molecule has 0 amide bonds. The Kier molecular flexibility index (Phi) is 10.5. The number of nitrogens with one attached hydrogen (secondary N) is 1. The van der Waals surface area contributed by atoms with Crippen molar-refractivity contribution in [2.75, 3.05) is 18.9 Å². The Bertz CT molecular complexity index is 224. The van der Waals surface area contributed by atoms with Crippen LogP contribution >= 0.6 is 11.8 Å². The van der Waals surface area contributed by atoms with Crippen LogP contribution in [0.1, 0.15) is 40.5 Å². The van der Waals surface area contributed by atoms with E-state index >= 15 is 0 Å². The van der Waals surface area contributed by atoms with Crippen LogP contribution in [-0.4, -0.2) is 47.4 Å². The lowest BCUT2D eigenvalue weighted by atomic mass is 10.2. The lowest BCUT2D eigenvalue weighted by molar-refractivity contribution is -0.145. The van der Waals surface area contributed by atoms with E-state index in [1.54, 1.807) is 18.7 Å². The van der Waals surface area contributed by atoms with Crippen molar-refractivity contribution in [2.24, 2.45) is 0 Å². The minimum atomic E-state index is -0.320. The number of carbonyl (C=O) groups excluding carboxylic acids is 1. The Morgan fingerprint density at radius 3 is 2.56 bits per heavy atom. The van der Waals surface area contributed by atoms with Gasteiger partial charge in [0.1, 0.15) is 6.04 Å². The van der Waals surface area contributed by atoms with Gasteiger partial charge in [-0.15, -0.1) is 0 Å². The van der Waals surface area contributed by atoms with E-state index in [9.17, 15) is 9.90 Å². The number of aliphatic hydroxyl groups is 1. The van der Waals surface area contributed by atoms with E-state index in [2.05, 4.69) is 12.2 Å².